The molecule has 0 radical (unpaired) electrons. The van der Waals surface area contributed by atoms with E-state index in [1.54, 1.807) is 0 Å². The average Bonchev–Trinajstić information content (AvgIpc) is 3.08. The minimum atomic E-state index is -2.34. The first kappa shape index (κ1) is 26.6. The summed E-state index contributed by atoms with van der Waals surface area (Å²) in [4.78, 5) is 12.2. The summed E-state index contributed by atoms with van der Waals surface area (Å²) in [7, 11) is 0. The van der Waals surface area contributed by atoms with Gasteiger partial charge in [-0.2, -0.15) is 0 Å². The van der Waals surface area contributed by atoms with Crippen molar-refractivity contribution in [1.82, 2.24) is 0 Å². The second-order valence-electron chi connectivity index (χ2n) is 7.80. The lowest BCUT2D eigenvalue weighted by molar-refractivity contribution is -0.383. The molecule has 0 aliphatic carbocycles. The van der Waals surface area contributed by atoms with Gasteiger partial charge in [0.25, 0.3) is 0 Å². The normalized spacial score (nSPS) is 38.0. The Balaban J connectivity index is 1.68. The monoisotopic (exact) mass is 492 g/mol. The summed E-state index contributed by atoms with van der Waals surface area (Å²) < 4.78 is 21.0. The standard InChI is InChI=1S/C19H26NO14/c21-5-10-13(24)16(27)19(7-22,33-10)34-18-15(26)14(25)12(23)11(32-18)6-31-17(28)8-1-3-9(4-2-8)20(29)30/h1-4,10-16,18,21-27,29H,5-7H2/q-1/t10-,11?,12+,13?,14?,15?,16?,18-,19-/m0/s1. The van der Waals surface area contributed by atoms with Crippen LogP contribution in [0.15, 0.2) is 24.3 Å². The first-order valence-electron chi connectivity index (χ1n) is 10.1. The Morgan fingerprint density at radius 1 is 1.00 bits per heavy atom. The van der Waals surface area contributed by atoms with Gasteiger partial charge < -0.3 is 65.1 Å². The predicted molar refractivity (Wildman–Crippen MR) is 106 cm³/mol. The van der Waals surface area contributed by atoms with Crippen LogP contribution in [0.5, 0.6) is 0 Å². The second kappa shape index (κ2) is 10.7. The Labute approximate surface area is 192 Å². The zero-order chi connectivity index (χ0) is 25.2. The fourth-order valence-corrected chi connectivity index (χ4v) is 3.58. The molecule has 2 fully saturated rings. The lowest BCUT2D eigenvalue weighted by Gasteiger charge is -2.43. The van der Waals surface area contributed by atoms with E-state index in [9.17, 15) is 45.7 Å². The summed E-state index contributed by atoms with van der Waals surface area (Å²) in [6.07, 6.45) is -13.7. The molecule has 8 N–H and O–H groups in total. The van der Waals surface area contributed by atoms with E-state index < -0.39 is 85.8 Å². The van der Waals surface area contributed by atoms with Crippen LogP contribution < -0.4 is 5.23 Å². The Hall–Kier alpha value is -1.99. The molecule has 2 aliphatic heterocycles. The second-order valence-corrected chi connectivity index (χ2v) is 7.80. The number of hydrogen-bond acceptors (Lipinski definition) is 15. The first-order valence-corrected chi connectivity index (χ1v) is 10.1. The van der Waals surface area contributed by atoms with Gasteiger partial charge in [0.2, 0.25) is 5.79 Å². The lowest BCUT2D eigenvalue weighted by Crippen LogP contribution is -2.62. The smallest absolute Gasteiger partial charge is 0.338 e. The van der Waals surface area contributed by atoms with E-state index in [4.69, 9.17) is 24.2 Å². The van der Waals surface area contributed by atoms with Gasteiger partial charge in [-0.1, -0.05) is 0 Å². The topological polar surface area (TPSA) is 242 Å². The molecule has 192 valence electrons. The van der Waals surface area contributed by atoms with E-state index >= 15 is 0 Å². The molecule has 0 spiro atoms. The summed E-state index contributed by atoms with van der Waals surface area (Å²) in [5.74, 6) is -3.25. The number of benzene rings is 1. The molecule has 5 unspecified atom stereocenters. The van der Waals surface area contributed by atoms with E-state index in [0.29, 0.717) is 0 Å². The fourth-order valence-electron chi connectivity index (χ4n) is 3.58. The van der Waals surface area contributed by atoms with Crippen LogP contribution in [0, 0.1) is 5.21 Å². The van der Waals surface area contributed by atoms with Crippen LogP contribution in [-0.2, 0) is 18.9 Å². The molecule has 2 aliphatic rings. The van der Waals surface area contributed by atoms with Crippen molar-refractivity contribution in [3.8, 4) is 0 Å². The van der Waals surface area contributed by atoms with Gasteiger partial charge in [0.1, 0.15) is 55.9 Å². The maximum Gasteiger partial charge on any atom is 0.338 e. The van der Waals surface area contributed by atoms with Crippen molar-refractivity contribution in [3.63, 3.8) is 0 Å². The Morgan fingerprint density at radius 2 is 1.65 bits per heavy atom. The fraction of sp³-hybridized carbons (Fsp3) is 0.632. The summed E-state index contributed by atoms with van der Waals surface area (Å²) in [5.41, 5.74) is -0.155. The van der Waals surface area contributed by atoms with Crippen LogP contribution in [0.25, 0.3) is 0 Å². The third-order valence-electron chi connectivity index (χ3n) is 5.59. The molecule has 15 nitrogen and oxygen atoms in total. The largest absolute Gasteiger partial charge is 0.733 e. The number of carbonyl (C=O) groups excluding carboxylic acids is 1. The highest BCUT2D eigenvalue weighted by Gasteiger charge is 2.58. The highest BCUT2D eigenvalue weighted by atomic mass is 16.8. The number of hydrogen-bond donors (Lipinski definition) is 8. The molecule has 15 heteroatoms. The Morgan fingerprint density at radius 3 is 2.18 bits per heavy atom. The number of carbonyl (C=O) groups is 1. The number of anilines is 1. The van der Waals surface area contributed by atoms with Crippen LogP contribution in [-0.4, -0.2) is 122 Å². The number of aliphatic hydroxyl groups is 7. The third kappa shape index (κ3) is 5.15. The van der Waals surface area contributed by atoms with Crippen LogP contribution >= 0.6 is 0 Å². The third-order valence-corrected chi connectivity index (χ3v) is 5.59. The summed E-state index contributed by atoms with van der Waals surface area (Å²) in [6.45, 7) is -2.42. The number of rotatable bonds is 8. The maximum absolute atomic E-state index is 12.2. The van der Waals surface area contributed by atoms with Crippen LogP contribution in [0.4, 0.5) is 5.69 Å². The zero-order valence-corrected chi connectivity index (χ0v) is 17.5. The minimum absolute atomic E-state index is 0.0185. The number of aliphatic hydroxyl groups excluding tert-OH is 7. The van der Waals surface area contributed by atoms with Gasteiger partial charge >= 0.3 is 5.97 Å². The van der Waals surface area contributed by atoms with Gasteiger partial charge in [0, 0.05) is 0 Å². The van der Waals surface area contributed by atoms with Gasteiger partial charge in [-0.15, -0.1) is 0 Å². The number of ether oxygens (including phenoxy) is 4. The molecule has 0 saturated carbocycles. The van der Waals surface area contributed by atoms with Crippen LogP contribution in [0.1, 0.15) is 10.4 Å². The van der Waals surface area contributed by atoms with Gasteiger partial charge in [-0.25, -0.2) is 4.79 Å². The van der Waals surface area contributed by atoms with Gasteiger partial charge in [-0.3, -0.25) is 5.21 Å². The van der Waals surface area contributed by atoms with Crippen molar-refractivity contribution >= 4 is 11.7 Å². The van der Waals surface area contributed by atoms with Crippen molar-refractivity contribution < 1.29 is 64.7 Å². The highest BCUT2D eigenvalue weighted by Crippen LogP contribution is 2.36. The van der Waals surface area contributed by atoms with Crippen LogP contribution in [0.3, 0.4) is 0 Å². The molecular formula is C19H26NO14-. The summed E-state index contributed by atoms with van der Waals surface area (Å²) in [6, 6.07) is 4.67. The predicted octanol–water partition coefficient (Wildman–Crippen LogP) is -3.84. The SMILES string of the molecule is O=C(OCC1O[C@@H](O[C@]2(CO)O[C@@H](CO)C(O)C2O)C(O)C(O)[C@@H]1O)c1ccc(N([O-])O)cc1. The van der Waals surface area contributed by atoms with Crippen molar-refractivity contribution in [2.75, 3.05) is 25.0 Å². The Kier molecular flexibility index (Phi) is 8.40. The molecule has 1 aromatic carbocycles. The highest BCUT2D eigenvalue weighted by molar-refractivity contribution is 5.89. The molecule has 0 amide bonds. The van der Waals surface area contributed by atoms with Crippen molar-refractivity contribution in [1.29, 1.82) is 0 Å². The van der Waals surface area contributed by atoms with E-state index in [1.165, 1.54) is 12.1 Å². The Bertz CT molecular complexity index is 824. The molecule has 2 heterocycles. The van der Waals surface area contributed by atoms with Gasteiger partial charge in [0.05, 0.1) is 17.9 Å². The molecule has 34 heavy (non-hydrogen) atoms. The number of esters is 1. The molecule has 2 saturated heterocycles. The van der Waals surface area contributed by atoms with E-state index in [2.05, 4.69) is 0 Å². The van der Waals surface area contributed by atoms with Crippen molar-refractivity contribution in [2.24, 2.45) is 0 Å². The average molecular weight is 492 g/mol. The van der Waals surface area contributed by atoms with Crippen molar-refractivity contribution in [2.45, 2.75) is 54.8 Å². The lowest BCUT2D eigenvalue weighted by atomic mass is 9.99. The molecule has 0 bridgehead atoms. The molecular weight excluding hydrogens is 466 g/mol. The maximum atomic E-state index is 12.2. The first-order chi connectivity index (χ1) is 16.0. The number of nitrogens with zero attached hydrogens (tertiary/aromatic N) is 1. The molecule has 3 rings (SSSR count). The summed E-state index contributed by atoms with van der Waals surface area (Å²) in [5, 5.41) is 89.0. The molecule has 9 atom stereocenters. The molecule has 1 aromatic rings. The van der Waals surface area contributed by atoms with E-state index in [0.717, 1.165) is 12.1 Å². The minimum Gasteiger partial charge on any atom is -0.733 e. The zero-order valence-electron chi connectivity index (χ0n) is 17.5. The van der Waals surface area contributed by atoms with Gasteiger partial charge in [-0.05, 0) is 24.3 Å². The summed E-state index contributed by atoms with van der Waals surface area (Å²) >= 11 is 0. The van der Waals surface area contributed by atoms with E-state index in [1.807, 2.05) is 0 Å². The quantitative estimate of drug-likeness (QED) is 0.128. The van der Waals surface area contributed by atoms with E-state index in [-0.39, 0.29) is 11.3 Å². The van der Waals surface area contributed by atoms with Crippen LogP contribution in [0.2, 0.25) is 0 Å². The molecule has 0 aromatic heterocycles. The van der Waals surface area contributed by atoms with Crippen molar-refractivity contribution in [3.05, 3.63) is 35.0 Å². The van der Waals surface area contributed by atoms with Gasteiger partial charge in [0.15, 0.2) is 6.29 Å².